The van der Waals surface area contributed by atoms with Crippen molar-refractivity contribution < 1.29 is 4.74 Å². The zero-order valence-electron chi connectivity index (χ0n) is 14.3. The van der Waals surface area contributed by atoms with Crippen LogP contribution in [0.25, 0.3) is 0 Å². The number of aliphatic imine (C=N–C) groups is 1. The summed E-state index contributed by atoms with van der Waals surface area (Å²) >= 11 is 5.23. The van der Waals surface area contributed by atoms with Crippen LogP contribution in [0.5, 0.6) is 5.75 Å². The third-order valence-electron chi connectivity index (χ3n) is 3.65. The van der Waals surface area contributed by atoms with Crippen molar-refractivity contribution in [1.29, 1.82) is 0 Å². The van der Waals surface area contributed by atoms with E-state index < -0.39 is 0 Å². The van der Waals surface area contributed by atoms with E-state index >= 15 is 0 Å². The molecule has 0 unspecified atom stereocenters. The number of halogens is 1. The molecule has 0 aromatic heterocycles. The Hall–Kier alpha value is -2.30. The van der Waals surface area contributed by atoms with Crippen molar-refractivity contribution in [3.8, 4) is 5.75 Å². The number of ether oxygens (including phenoxy) is 1. The van der Waals surface area contributed by atoms with Crippen molar-refractivity contribution in [2.24, 2.45) is 4.99 Å². The fourth-order valence-electron chi connectivity index (χ4n) is 2.31. The number of methoxy groups -OCH3 is 1. The predicted molar refractivity (Wildman–Crippen MR) is 115 cm³/mol. The Kier molecular flexibility index (Phi) is 6.69. The second-order valence-electron chi connectivity index (χ2n) is 5.41. The van der Waals surface area contributed by atoms with Gasteiger partial charge in [-0.05, 0) is 75.9 Å². The molecular formula is C22H18BrNOS. The summed E-state index contributed by atoms with van der Waals surface area (Å²) in [6.07, 6.45) is 2.04. The Bertz CT molecular complexity index is 905. The molecule has 3 aromatic carbocycles. The van der Waals surface area contributed by atoms with Crippen LogP contribution >= 0.6 is 27.7 Å². The van der Waals surface area contributed by atoms with E-state index in [0.717, 1.165) is 32.1 Å². The molecule has 4 heteroatoms. The summed E-state index contributed by atoms with van der Waals surface area (Å²) in [7, 11) is 1.67. The topological polar surface area (TPSA) is 21.6 Å². The van der Waals surface area contributed by atoms with Crippen molar-refractivity contribution in [3.63, 3.8) is 0 Å². The van der Waals surface area contributed by atoms with Crippen molar-refractivity contribution in [1.82, 2.24) is 0 Å². The first kappa shape index (κ1) is 18.5. The van der Waals surface area contributed by atoms with E-state index in [1.807, 2.05) is 78.9 Å². The number of hydrogen-bond acceptors (Lipinski definition) is 3. The Balaban J connectivity index is 1.88. The van der Waals surface area contributed by atoms with Gasteiger partial charge in [-0.1, -0.05) is 42.1 Å². The number of nitrogens with zero attached hydrogens (tertiary/aromatic N) is 1. The molecule has 0 aliphatic rings. The van der Waals surface area contributed by atoms with Crippen molar-refractivity contribution in [3.05, 3.63) is 100 Å². The SMILES string of the molecule is COc1ccc(C(C=CSc2ccccc2Br)=Nc2ccccc2)cc1. The molecule has 130 valence electrons. The highest BCUT2D eigenvalue weighted by atomic mass is 79.9. The fourth-order valence-corrected chi connectivity index (χ4v) is 3.56. The van der Waals surface area contributed by atoms with E-state index in [9.17, 15) is 0 Å². The Labute approximate surface area is 166 Å². The van der Waals surface area contributed by atoms with Crippen LogP contribution in [0.1, 0.15) is 5.56 Å². The third kappa shape index (κ3) is 5.10. The molecule has 0 fully saturated rings. The van der Waals surface area contributed by atoms with E-state index in [4.69, 9.17) is 9.73 Å². The average Bonchev–Trinajstić information content (AvgIpc) is 2.69. The van der Waals surface area contributed by atoms with Crippen LogP contribution in [-0.2, 0) is 0 Å². The van der Waals surface area contributed by atoms with Gasteiger partial charge in [-0.3, -0.25) is 0 Å². The predicted octanol–water partition coefficient (Wildman–Crippen LogP) is 6.88. The summed E-state index contributed by atoms with van der Waals surface area (Å²) in [5, 5.41) is 2.06. The lowest BCUT2D eigenvalue weighted by molar-refractivity contribution is 0.415. The molecule has 0 amide bonds. The molecule has 0 radical (unpaired) electrons. The summed E-state index contributed by atoms with van der Waals surface area (Å²) in [6.45, 7) is 0. The van der Waals surface area contributed by atoms with Gasteiger partial charge in [0, 0.05) is 14.9 Å². The standard InChI is InChI=1S/C22H18BrNOS/c1-25-19-13-11-17(12-14-19)21(24-18-7-3-2-4-8-18)15-16-26-22-10-6-5-9-20(22)23/h2-16H,1H3. The molecule has 0 heterocycles. The summed E-state index contributed by atoms with van der Waals surface area (Å²) in [4.78, 5) is 5.97. The molecule has 0 atom stereocenters. The van der Waals surface area contributed by atoms with Gasteiger partial charge in [0.05, 0.1) is 18.5 Å². The van der Waals surface area contributed by atoms with Gasteiger partial charge in [0.2, 0.25) is 0 Å². The minimum Gasteiger partial charge on any atom is -0.497 e. The van der Waals surface area contributed by atoms with E-state index in [-0.39, 0.29) is 0 Å². The van der Waals surface area contributed by atoms with Crippen LogP contribution in [0, 0.1) is 0 Å². The Morgan fingerprint density at radius 3 is 2.31 bits per heavy atom. The van der Waals surface area contributed by atoms with Crippen LogP contribution in [0.3, 0.4) is 0 Å². The summed E-state index contributed by atoms with van der Waals surface area (Å²) in [6, 6.07) is 26.1. The molecule has 26 heavy (non-hydrogen) atoms. The number of rotatable bonds is 6. The van der Waals surface area contributed by atoms with Crippen LogP contribution in [0.4, 0.5) is 5.69 Å². The van der Waals surface area contributed by atoms with Crippen molar-refractivity contribution in [2.45, 2.75) is 4.90 Å². The largest absolute Gasteiger partial charge is 0.497 e. The number of para-hydroxylation sites is 1. The van der Waals surface area contributed by atoms with Gasteiger partial charge in [-0.25, -0.2) is 4.99 Å². The van der Waals surface area contributed by atoms with Gasteiger partial charge in [-0.15, -0.1) is 0 Å². The molecule has 0 saturated heterocycles. The van der Waals surface area contributed by atoms with E-state index in [1.54, 1.807) is 18.9 Å². The van der Waals surface area contributed by atoms with E-state index in [0.29, 0.717) is 0 Å². The van der Waals surface area contributed by atoms with Crippen molar-refractivity contribution >= 4 is 39.1 Å². The first-order chi connectivity index (χ1) is 12.8. The fraction of sp³-hybridized carbons (Fsp3) is 0.0455. The van der Waals surface area contributed by atoms with Gasteiger partial charge in [0.1, 0.15) is 5.75 Å². The first-order valence-corrected chi connectivity index (χ1v) is 9.79. The quantitative estimate of drug-likeness (QED) is 0.318. The van der Waals surface area contributed by atoms with Crippen molar-refractivity contribution in [2.75, 3.05) is 7.11 Å². The molecular weight excluding hydrogens is 406 g/mol. The summed E-state index contributed by atoms with van der Waals surface area (Å²) in [5.74, 6) is 0.833. The second-order valence-corrected chi connectivity index (χ2v) is 7.21. The smallest absolute Gasteiger partial charge is 0.118 e. The minimum absolute atomic E-state index is 0.833. The molecule has 0 aliphatic heterocycles. The van der Waals surface area contributed by atoms with Gasteiger partial charge < -0.3 is 4.74 Å². The maximum Gasteiger partial charge on any atom is 0.118 e. The number of thioether (sulfide) groups is 1. The zero-order valence-corrected chi connectivity index (χ0v) is 16.7. The zero-order chi connectivity index (χ0) is 18.2. The van der Waals surface area contributed by atoms with Gasteiger partial charge in [0.25, 0.3) is 0 Å². The highest BCUT2D eigenvalue weighted by Crippen LogP contribution is 2.28. The number of allylic oxidation sites excluding steroid dienone is 1. The molecule has 0 N–H and O–H groups in total. The van der Waals surface area contributed by atoms with E-state index in [1.165, 1.54) is 0 Å². The van der Waals surface area contributed by atoms with Crippen LogP contribution in [0.15, 0.2) is 105 Å². The molecule has 2 nitrogen and oxygen atoms in total. The maximum absolute atomic E-state index is 5.25. The second kappa shape index (κ2) is 9.41. The lowest BCUT2D eigenvalue weighted by atomic mass is 10.1. The summed E-state index contributed by atoms with van der Waals surface area (Å²) < 4.78 is 6.34. The number of benzene rings is 3. The monoisotopic (exact) mass is 423 g/mol. The minimum atomic E-state index is 0.833. The van der Waals surface area contributed by atoms with Gasteiger partial charge in [0.15, 0.2) is 0 Å². The highest BCUT2D eigenvalue weighted by molar-refractivity contribution is 9.10. The van der Waals surface area contributed by atoms with Gasteiger partial charge >= 0.3 is 0 Å². The molecule has 0 spiro atoms. The molecule has 3 rings (SSSR count). The van der Waals surface area contributed by atoms with E-state index in [2.05, 4.69) is 27.4 Å². The average molecular weight is 424 g/mol. The van der Waals surface area contributed by atoms with Gasteiger partial charge in [-0.2, -0.15) is 0 Å². The molecule has 3 aromatic rings. The highest BCUT2D eigenvalue weighted by Gasteiger charge is 2.03. The Morgan fingerprint density at radius 1 is 0.923 bits per heavy atom. The molecule has 0 bridgehead atoms. The first-order valence-electron chi connectivity index (χ1n) is 8.12. The van der Waals surface area contributed by atoms with Crippen LogP contribution in [0.2, 0.25) is 0 Å². The molecule has 0 saturated carbocycles. The maximum atomic E-state index is 5.25. The third-order valence-corrected chi connectivity index (χ3v) is 5.49. The lowest BCUT2D eigenvalue weighted by Gasteiger charge is -2.05. The summed E-state index contributed by atoms with van der Waals surface area (Å²) in [5.41, 5.74) is 2.87. The van der Waals surface area contributed by atoms with Crippen LogP contribution < -0.4 is 4.74 Å². The van der Waals surface area contributed by atoms with Crippen LogP contribution in [-0.4, -0.2) is 12.8 Å². The lowest BCUT2D eigenvalue weighted by Crippen LogP contribution is -1.96. The normalized spacial score (nSPS) is 11.7. The molecule has 0 aliphatic carbocycles. The Morgan fingerprint density at radius 2 is 1.62 bits per heavy atom. The number of hydrogen-bond donors (Lipinski definition) is 0.